The van der Waals surface area contributed by atoms with E-state index in [1.807, 2.05) is 7.05 Å². The number of rotatable bonds is 5. The van der Waals surface area contributed by atoms with Crippen LogP contribution in [0, 0.1) is 5.92 Å². The van der Waals surface area contributed by atoms with Crippen molar-refractivity contribution in [3.05, 3.63) is 42.0 Å². The van der Waals surface area contributed by atoms with Crippen LogP contribution < -0.4 is 10.2 Å². The predicted octanol–water partition coefficient (Wildman–Crippen LogP) is 2.95. The Morgan fingerprint density at radius 2 is 1.79 bits per heavy atom. The fourth-order valence-electron chi connectivity index (χ4n) is 4.71. The lowest BCUT2D eigenvalue weighted by Gasteiger charge is -2.29. The Bertz CT molecular complexity index is 667. The summed E-state index contributed by atoms with van der Waals surface area (Å²) >= 11 is 0. The summed E-state index contributed by atoms with van der Waals surface area (Å²) in [6, 6.07) is 8.93. The molecule has 3 heterocycles. The van der Waals surface area contributed by atoms with Crippen LogP contribution in [0.5, 0.6) is 0 Å². The van der Waals surface area contributed by atoms with Gasteiger partial charge in [0.2, 0.25) is 0 Å². The second kappa shape index (κ2) is 9.46. The second-order valence-corrected chi connectivity index (χ2v) is 8.41. The third-order valence-electron chi connectivity index (χ3n) is 6.33. The summed E-state index contributed by atoms with van der Waals surface area (Å²) in [7, 11) is 1.91. The van der Waals surface area contributed by atoms with Gasteiger partial charge in [-0.2, -0.15) is 0 Å². The van der Waals surface area contributed by atoms with E-state index in [-0.39, 0.29) is 0 Å². The number of hydrogen-bond acceptors (Lipinski definition) is 3. The Balaban J connectivity index is 1.24. The SMILES string of the molecule is CN=C(NCc1ccc(N2CC=CC2)cc1)N1CCC(CN2CCCCC2)C1. The first-order valence-electron chi connectivity index (χ1n) is 11.0. The molecule has 2 fully saturated rings. The number of nitrogens with zero attached hydrogens (tertiary/aromatic N) is 4. The normalized spacial score (nSPS) is 23.6. The van der Waals surface area contributed by atoms with Crippen LogP contribution in [-0.2, 0) is 6.54 Å². The van der Waals surface area contributed by atoms with Gasteiger partial charge in [0.15, 0.2) is 5.96 Å². The van der Waals surface area contributed by atoms with Crippen molar-refractivity contribution in [3.8, 4) is 0 Å². The minimum absolute atomic E-state index is 0.782. The molecule has 0 saturated carbocycles. The molecular weight excluding hydrogens is 346 g/mol. The van der Waals surface area contributed by atoms with Crippen molar-refractivity contribution >= 4 is 11.6 Å². The van der Waals surface area contributed by atoms with Crippen molar-refractivity contribution in [2.24, 2.45) is 10.9 Å². The highest BCUT2D eigenvalue weighted by Gasteiger charge is 2.26. The van der Waals surface area contributed by atoms with Crippen LogP contribution in [0.25, 0.3) is 0 Å². The van der Waals surface area contributed by atoms with Gasteiger partial charge >= 0.3 is 0 Å². The van der Waals surface area contributed by atoms with Gasteiger partial charge < -0.3 is 20.0 Å². The van der Waals surface area contributed by atoms with Crippen LogP contribution in [0.2, 0.25) is 0 Å². The molecule has 3 aliphatic rings. The van der Waals surface area contributed by atoms with Crippen LogP contribution in [-0.4, -0.2) is 68.6 Å². The molecule has 2 saturated heterocycles. The van der Waals surface area contributed by atoms with Crippen molar-refractivity contribution in [2.75, 3.05) is 57.8 Å². The quantitative estimate of drug-likeness (QED) is 0.483. The Morgan fingerprint density at radius 1 is 1.04 bits per heavy atom. The molecule has 0 bridgehead atoms. The first-order valence-corrected chi connectivity index (χ1v) is 11.0. The zero-order chi connectivity index (χ0) is 19.2. The average Bonchev–Trinajstić information content (AvgIpc) is 3.43. The van der Waals surface area contributed by atoms with E-state index in [2.05, 4.69) is 61.4 Å². The monoisotopic (exact) mass is 381 g/mol. The van der Waals surface area contributed by atoms with Gasteiger partial charge in [0, 0.05) is 52.0 Å². The largest absolute Gasteiger partial charge is 0.364 e. The number of anilines is 1. The van der Waals surface area contributed by atoms with Crippen molar-refractivity contribution < 1.29 is 0 Å². The molecule has 5 heteroatoms. The van der Waals surface area contributed by atoms with Crippen LogP contribution >= 0.6 is 0 Å². The molecule has 0 aliphatic carbocycles. The number of benzene rings is 1. The standard InChI is InChI=1S/C23H35N5/c1-24-23(28-16-11-21(19-28)18-26-12-3-2-4-13-26)25-17-20-7-9-22(10-8-20)27-14-5-6-15-27/h5-10,21H,2-4,11-19H2,1H3,(H,24,25). The Morgan fingerprint density at radius 3 is 2.50 bits per heavy atom. The molecule has 0 radical (unpaired) electrons. The molecule has 0 spiro atoms. The summed E-state index contributed by atoms with van der Waals surface area (Å²) < 4.78 is 0. The molecule has 1 unspecified atom stereocenters. The zero-order valence-electron chi connectivity index (χ0n) is 17.3. The van der Waals surface area contributed by atoms with Crippen molar-refractivity contribution in [1.82, 2.24) is 15.1 Å². The minimum atomic E-state index is 0.782. The van der Waals surface area contributed by atoms with Gasteiger partial charge in [-0.05, 0) is 56.0 Å². The van der Waals surface area contributed by atoms with Gasteiger partial charge in [0.25, 0.3) is 0 Å². The van der Waals surface area contributed by atoms with Gasteiger partial charge in [-0.25, -0.2) is 0 Å². The first kappa shape index (κ1) is 19.3. The number of aliphatic imine (C=N–C) groups is 1. The highest BCUT2D eigenvalue weighted by atomic mass is 15.3. The maximum Gasteiger partial charge on any atom is 0.193 e. The molecular formula is C23H35N5. The van der Waals surface area contributed by atoms with Crippen LogP contribution in [0.1, 0.15) is 31.2 Å². The summed E-state index contributed by atoms with van der Waals surface area (Å²) in [5, 5.41) is 3.58. The van der Waals surface area contributed by atoms with Gasteiger partial charge in [0.05, 0.1) is 0 Å². The Labute approximate surface area is 170 Å². The van der Waals surface area contributed by atoms with E-state index >= 15 is 0 Å². The molecule has 1 aromatic rings. The number of piperidine rings is 1. The lowest BCUT2D eigenvalue weighted by molar-refractivity contribution is 0.198. The number of hydrogen-bond donors (Lipinski definition) is 1. The predicted molar refractivity (Wildman–Crippen MR) is 118 cm³/mol. The van der Waals surface area contributed by atoms with E-state index in [0.717, 1.165) is 44.6 Å². The van der Waals surface area contributed by atoms with E-state index in [1.165, 1.54) is 56.6 Å². The van der Waals surface area contributed by atoms with E-state index < -0.39 is 0 Å². The second-order valence-electron chi connectivity index (χ2n) is 8.41. The molecule has 1 aromatic carbocycles. The lowest BCUT2D eigenvalue weighted by Crippen LogP contribution is -2.41. The number of nitrogens with one attached hydrogen (secondary N) is 1. The third kappa shape index (κ3) is 4.88. The zero-order valence-corrected chi connectivity index (χ0v) is 17.3. The molecule has 1 N–H and O–H groups in total. The molecule has 3 aliphatic heterocycles. The van der Waals surface area contributed by atoms with Gasteiger partial charge in [-0.3, -0.25) is 4.99 Å². The highest BCUT2D eigenvalue weighted by molar-refractivity contribution is 5.80. The van der Waals surface area contributed by atoms with E-state index in [9.17, 15) is 0 Å². The maximum absolute atomic E-state index is 4.55. The fraction of sp³-hybridized carbons (Fsp3) is 0.609. The van der Waals surface area contributed by atoms with Crippen molar-refractivity contribution in [3.63, 3.8) is 0 Å². The fourth-order valence-corrected chi connectivity index (χ4v) is 4.71. The van der Waals surface area contributed by atoms with Gasteiger partial charge in [0.1, 0.15) is 0 Å². The maximum atomic E-state index is 4.55. The van der Waals surface area contributed by atoms with Gasteiger partial charge in [-0.15, -0.1) is 0 Å². The van der Waals surface area contributed by atoms with Crippen LogP contribution in [0.3, 0.4) is 0 Å². The van der Waals surface area contributed by atoms with Gasteiger partial charge in [-0.1, -0.05) is 30.7 Å². The topological polar surface area (TPSA) is 34.1 Å². The third-order valence-corrected chi connectivity index (χ3v) is 6.33. The summed E-state index contributed by atoms with van der Waals surface area (Å²) in [4.78, 5) is 12.0. The molecule has 4 rings (SSSR count). The summed E-state index contributed by atoms with van der Waals surface area (Å²) in [6.45, 7) is 9.00. The van der Waals surface area contributed by atoms with E-state index in [4.69, 9.17) is 0 Å². The molecule has 28 heavy (non-hydrogen) atoms. The van der Waals surface area contributed by atoms with E-state index in [1.54, 1.807) is 0 Å². The molecule has 0 amide bonds. The Kier molecular flexibility index (Phi) is 6.53. The van der Waals surface area contributed by atoms with Crippen molar-refractivity contribution in [1.29, 1.82) is 0 Å². The number of guanidine groups is 1. The van der Waals surface area contributed by atoms with E-state index in [0.29, 0.717) is 0 Å². The average molecular weight is 382 g/mol. The Hall–Kier alpha value is -2.01. The number of likely N-dealkylation sites (tertiary alicyclic amines) is 2. The van der Waals surface area contributed by atoms with Crippen LogP contribution in [0.15, 0.2) is 41.4 Å². The molecule has 152 valence electrons. The summed E-state index contributed by atoms with van der Waals surface area (Å²) in [6.07, 6.45) is 9.93. The summed E-state index contributed by atoms with van der Waals surface area (Å²) in [5.74, 6) is 1.83. The minimum Gasteiger partial charge on any atom is -0.364 e. The molecule has 0 aromatic heterocycles. The smallest absolute Gasteiger partial charge is 0.193 e. The lowest BCUT2D eigenvalue weighted by atomic mass is 10.1. The highest BCUT2D eigenvalue weighted by Crippen LogP contribution is 2.20. The summed E-state index contributed by atoms with van der Waals surface area (Å²) in [5.41, 5.74) is 2.61. The van der Waals surface area contributed by atoms with Crippen molar-refractivity contribution in [2.45, 2.75) is 32.2 Å². The first-order chi connectivity index (χ1) is 13.8. The van der Waals surface area contributed by atoms with Crippen LogP contribution in [0.4, 0.5) is 5.69 Å². The molecule has 1 atom stereocenters. The molecule has 5 nitrogen and oxygen atoms in total.